The minimum atomic E-state index is 1.18. The molecule has 0 saturated heterocycles. The summed E-state index contributed by atoms with van der Waals surface area (Å²) >= 11 is 0. The third-order valence-corrected chi connectivity index (χ3v) is 3.25. The van der Waals surface area contributed by atoms with Crippen molar-refractivity contribution in [3.63, 3.8) is 0 Å². The minimum Gasteiger partial charge on any atom is -0.263 e. The van der Waals surface area contributed by atoms with Crippen molar-refractivity contribution in [2.75, 3.05) is 0 Å². The zero-order valence-electron chi connectivity index (χ0n) is 11.8. The summed E-state index contributed by atoms with van der Waals surface area (Å²) in [4.78, 5) is 4.27. The average molecular weight is 249 g/mol. The van der Waals surface area contributed by atoms with E-state index in [-0.39, 0.29) is 0 Å². The van der Waals surface area contributed by atoms with Gasteiger partial charge in [0, 0.05) is 28.6 Å². The van der Waals surface area contributed by atoms with Crippen molar-refractivity contribution in [1.29, 1.82) is 0 Å². The van der Waals surface area contributed by atoms with Crippen LogP contribution in [-0.2, 0) is 0 Å². The molecule has 2 aromatic carbocycles. The van der Waals surface area contributed by atoms with E-state index >= 15 is 0 Å². The lowest BCUT2D eigenvalue weighted by molar-refractivity contribution is 1.38. The van der Waals surface area contributed by atoms with Gasteiger partial charge in [-0.25, -0.2) is 0 Å². The Hall–Kier alpha value is -2.15. The van der Waals surface area contributed by atoms with E-state index in [2.05, 4.69) is 48.8 Å². The molecule has 3 aromatic rings. The van der Waals surface area contributed by atoms with E-state index in [0.29, 0.717) is 0 Å². The molecule has 0 radical (unpaired) electrons. The van der Waals surface area contributed by atoms with Crippen molar-refractivity contribution in [2.24, 2.45) is 0 Å². The van der Waals surface area contributed by atoms with Crippen LogP contribution in [-0.4, -0.2) is 4.98 Å². The molecule has 0 fully saturated rings. The van der Waals surface area contributed by atoms with Gasteiger partial charge in [0.25, 0.3) is 0 Å². The van der Waals surface area contributed by atoms with Gasteiger partial charge in [-0.05, 0) is 23.1 Å². The summed E-state index contributed by atoms with van der Waals surface area (Å²) in [5.41, 5.74) is 1.18. The zero-order valence-corrected chi connectivity index (χ0v) is 11.8. The van der Waals surface area contributed by atoms with Crippen LogP contribution >= 0.6 is 0 Å². The Bertz CT molecular complexity index is 753. The molecule has 0 atom stereocenters. The van der Waals surface area contributed by atoms with E-state index < -0.39 is 0 Å². The van der Waals surface area contributed by atoms with E-state index in [1.807, 2.05) is 32.3 Å². The van der Waals surface area contributed by atoms with Gasteiger partial charge in [0.1, 0.15) is 0 Å². The van der Waals surface area contributed by atoms with Crippen LogP contribution in [0, 0.1) is 0 Å². The van der Waals surface area contributed by atoms with Gasteiger partial charge in [-0.1, -0.05) is 56.8 Å². The van der Waals surface area contributed by atoms with E-state index in [0.717, 1.165) is 0 Å². The second-order valence-corrected chi connectivity index (χ2v) is 4.14. The van der Waals surface area contributed by atoms with Gasteiger partial charge >= 0.3 is 0 Å². The standard InChI is InChI=1S/C16H13N.C2H6/c1-3-11-5-7-13-9-17-10-14-8-6-12(4-2)15(11)16(13)14;1-2/h3-10H,1H2,2H3;1-2H3/b12-4-;. The highest BCUT2D eigenvalue weighted by Gasteiger charge is 2.05. The number of nitrogens with zero attached hydrogens (tertiary/aromatic N) is 1. The number of benzene rings is 2. The van der Waals surface area contributed by atoms with E-state index in [4.69, 9.17) is 0 Å². The summed E-state index contributed by atoms with van der Waals surface area (Å²) in [5.74, 6) is 0. The van der Waals surface area contributed by atoms with Crippen LogP contribution in [0.15, 0.2) is 43.2 Å². The van der Waals surface area contributed by atoms with Crippen LogP contribution in [0.4, 0.5) is 0 Å². The Labute approximate surface area is 114 Å². The highest BCUT2D eigenvalue weighted by atomic mass is 14.6. The molecule has 0 unspecified atom stereocenters. The minimum absolute atomic E-state index is 1.18. The second-order valence-electron chi connectivity index (χ2n) is 4.14. The van der Waals surface area contributed by atoms with Crippen molar-refractivity contribution in [2.45, 2.75) is 20.8 Å². The predicted molar refractivity (Wildman–Crippen MR) is 86.0 cm³/mol. The van der Waals surface area contributed by atoms with Gasteiger partial charge in [-0.15, -0.1) is 0 Å². The molecule has 3 rings (SSSR count). The first kappa shape index (κ1) is 13.3. The van der Waals surface area contributed by atoms with Crippen molar-refractivity contribution in [3.8, 4) is 0 Å². The van der Waals surface area contributed by atoms with Crippen molar-refractivity contribution < 1.29 is 0 Å². The molecule has 0 aliphatic heterocycles. The van der Waals surface area contributed by atoms with Crippen LogP contribution in [0.1, 0.15) is 26.3 Å². The summed E-state index contributed by atoms with van der Waals surface area (Å²) in [6.45, 7) is 9.97. The Morgan fingerprint density at radius 3 is 2.16 bits per heavy atom. The van der Waals surface area contributed by atoms with Crippen LogP contribution < -0.4 is 5.22 Å². The van der Waals surface area contributed by atoms with Crippen molar-refractivity contribution in [1.82, 2.24) is 4.98 Å². The highest BCUT2D eigenvalue weighted by molar-refractivity contribution is 6.12. The topological polar surface area (TPSA) is 12.9 Å². The third kappa shape index (κ3) is 2.12. The largest absolute Gasteiger partial charge is 0.263 e. The molecule has 0 amide bonds. The van der Waals surface area contributed by atoms with Crippen LogP contribution in [0.5, 0.6) is 0 Å². The summed E-state index contributed by atoms with van der Waals surface area (Å²) in [5, 5.41) is 6.19. The summed E-state index contributed by atoms with van der Waals surface area (Å²) in [6.07, 6.45) is 7.90. The van der Waals surface area contributed by atoms with Crippen molar-refractivity contribution in [3.05, 3.63) is 54.0 Å². The maximum Gasteiger partial charge on any atom is 0.0347 e. The maximum absolute atomic E-state index is 4.27. The molecule has 0 bridgehead atoms. The summed E-state index contributed by atoms with van der Waals surface area (Å²) < 4.78 is 0. The molecular weight excluding hydrogens is 230 g/mol. The smallest absolute Gasteiger partial charge is 0.0347 e. The Morgan fingerprint density at radius 2 is 1.58 bits per heavy atom. The second kappa shape index (κ2) is 5.66. The molecule has 0 aliphatic carbocycles. The van der Waals surface area contributed by atoms with Gasteiger partial charge in [-0.3, -0.25) is 4.98 Å². The summed E-state index contributed by atoms with van der Waals surface area (Å²) in [7, 11) is 0. The highest BCUT2D eigenvalue weighted by Crippen LogP contribution is 2.26. The molecule has 1 aromatic heterocycles. The van der Waals surface area contributed by atoms with Gasteiger partial charge < -0.3 is 0 Å². The van der Waals surface area contributed by atoms with Crippen LogP contribution in [0.2, 0.25) is 0 Å². The first-order valence-corrected chi connectivity index (χ1v) is 6.73. The zero-order chi connectivity index (χ0) is 13.8. The van der Waals surface area contributed by atoms with E-state index in [1.165, 1.54) is 32.3 Å². The van der Waals surface area contributed by atoms with Crippen LogP contribution in [0.25, 0.3) is 33.7 Å². The van der Waals surface area contributed by atoms with E-state index in [1.54, 1.807) is 0 Å². The monoisotopic (exact) mass is 249 g/mol. The molecule has 1 heterocycles. The first-order valence-electron chi connectivity index (χ1n) is 6.73. The quantitative estimate of drug-likeness (QED) is 0.615. The Kier molecular flexibility index (Phi) is 3.96. The number of hydrogen-bond donors (Lipinski definition) is 0. The Balaban J connectivity index is 0.000000637. The molecule has 1 heteroatoms. The number of hydrogen-bond acceptors (Lipinski definition) is 1. The summed E-state index contributed by atoms with van der Waals surface area (Å²) in [6, 6.07) is 8.49. The van der Waals surface area contributed by atoms with E-state index in [9.17, 15) is 0 Å². The van der Waals surface area contributed by atoms with Gasteiger partial charge in [0.2, 0.25) is 0 Å². The normalized spacial score (nSPS) is 11.4. The fraction of sp³-hybridized carbons (Fsp3) is 0.167. The fourth-order valence-electron chi connectivity index (χ4n) is 2.43. The number of pyridine rings is 1. The molecule has 96 valence electrons. The molecule has 1 nitrogen and oxygen atoms in total. The molecule has 0 aliphatic rings. The molecule has 0 spiro atoms. The number of aromatic nitrogens is 1. The fourth-order valence-corrected chi connectivity index (χ4v) is 2.43. The lowest BCUT2D eigenvalue weighted by Crippen LogP contribution is -2.03. The van der Waals surface area contributed by atoms with Gasteiger partial charge in [0.05, 0.1) is 0 Å². The first-order chi connectivity index (χ1) is 9.35. The SMILES string of the molecule is C=Cc1ccc2cncc3cc/c(=C/C)c1c23.CC. The predicted octanol–water partition coefficient (Wildman–Crippen LogP) is 4.58. The lowest BCUT2D eigenvalue weighted by atomic mass is 9.97. The molecule has 0 saturated carbocycles. The lowest BCUT2D eigenvalue weighted by Gasteiger charge is -2.08. The maximum atomic E-state index is 4.27. The Morgan fingerprint density at radius 1 is 0.947 bits per heavy atom. The number of rotatable bonds is 1. The molecule has 19 heavy (non-hydrogen) atoms. The molecular formula is C18H19N. The average Bonchev–Trinajstić information content (AvgIpc) is 2.50. The van der Waals surface area contributed by atoms with Crippen molar-refractivity contribution >= 4 is 33.7 Å². The third-order valence-electron chi connectivity index (χ3n) is 3.25. The van der Waals surface area contributed by atoms with Gasteiger partial charge in [0.15, 0.2) is 0 Å². The van der Waals surface area contributed by atoms with Gasteiger partial charge in [-0.2, -0.15) is 0 Å². The van der Waals surface area contributed by atoms with Crippen LogP contribution in [0.3, 0.4) is 0 Å². The molecule has 0 N–H and O–H groups in total.